The van der Waals surface area contributed by atoms with Gasteiger partial charge in [-0.05, 0) is 50.3 Å². The lowest BCUT2D eigenvalue weighted by atomic mass is 9.94. The average molecular weight is 282 g/mol. The van der Waals surface area contributed by atoms with E-state index >= 15 is 0 Å². The first-order valence-corrected chi connectivity index (χ1v) is 7.99. The van der Waals surface area contributed by atoms with Gasteiger partial charge in [-0.3, -0.25) is 0 Å². The van der Waals surface area contributed by atoms with Crippen molar-refractivity contribution in [1.82, 2.24) is 14.8 Å². The van der Waals surface area contributed by atoms with Gasteiger partial charge in [0.1, 0.15) is 11.6 Å². The summed E-state index contributed by atoms with van der Waals surface area (Å²) in [7, 11) is 0. The summed E-state index contributed by atoms with van der Waals surface area (Å²) in [5.74, 6) is 2.25. The van der Waals surface area contributed by atoms with Gasteiger partial charge in [-0.2, -0.15) is 0 Å². The molecule has 0 spiro atoms. The molecular weight excluding hydrogens is 260 g/mol. The van der Waals surface area contributed by atoms with E-state index in [1.807, 2.05) is 12.1 Å². The molecule has 0 amide bonds. The normalized spacial score (nSPS) is 20.8. The van der Waals surface area contributed by atoms with Crippen molar-refractivity contribution in [1.29, 1.82) is 0 Å². The van der Waals surface area contributed by atoms with E-state index in [0.29, 0.717) is 6.04 Å². The highest BCUT2D eigenvalue weighted by Crippen LogP contribution is 2.54. The highest BCUT2D eigenvalue weighted by atomic mass is 15.3. The highest BCUT2D eigenvalue weighted by Gasteiger charge is 2.50. The van der Waals surface area contributed by atoms with E-state index in [1.165, 1.54) is 49.9 Å². The van der Waals surface area contributed by atoms with Crippen molar-refractivity contribution in [3.05, 3.63) is 41.5 Å². The Morgan fingerprint density at radius 3 is 2.38 bits per heavy atom. The second-order valence-electron chi connectivity index (χ2n) is 6.58. The maximum Gasteiger partial charge on any atom is 0.143 e. The Balaban J connectivity index is 1.78. The van der Waals surface area contributed by atoms with Crippen molar-refractivity contribution >= 4 is 5.69 Å². The van der Waals surface area contributed by atoms with Crippen LogP contribution in [0, 0.1) is 6.92 Å². The molecule has 0 radical (unpaired) electrons. The summed E-state index contributed by atoms with van der Waals surface area (Å²) in [6, 6.07) is 8.91. The van der Waals surface area contributed by atoms with Crippen LogP contribution in [0.2, 0.25) is 0 Å². The SMILES string of the molecule is Cc1nnc(C2(c3ccc(N)cc3)CC2)n1C1CCCC1. The van der Waals surface area contributed by atoms with E-state index in [-0.39, 0.29) is 5.41 Å². The van der Waals surface area contributed by atoms with Crippen molar-refractivity contribution < 1.29 is 0 Å². The van der Waals surface area contributed by atoms with Gasteiger partial charge in [0.05, 0.1) is 5.41 Å². The number of hydrogen-bond donors (Lipinski definition) is 1. The Morgan fingerprint density at radius 1 is 1.10 bits per heavy atom. The van der Waals surface area contributed by atoms with Gasteiger partial charge in [-0.15, -0.1) is 10.2 Å². The predicted molar refractivity (Wildman–Crippen MR) is 83.1 cm³/mol. The minimum atomic E-state index is 0.0809. The van der Waals surface area contributed by atoms with Crippen LogP contribution in [0.1, 0.15) is 61.8 Å². The van der Waals surface area contributed by atoms with Gasteiger partial charge >= 0.3 is 0 Å². The number of aryl methyl sites for hydroxylation is 1. The molecule has 2 aliphatic rings. The Hall–Kier alpha value is -1.84. The molecule has 0 atom stereocenters. The Labute approximate surface area is 125 Å². The molecule has 0 saturated heterocycles. The molecule has 2 fully saturated rings. The van der Waals surface area contributed by atoms with Crippen LogP contribution in [0.15, 0.2) is 24.3 Å². The number of benzene rings is 1. The van der Waals surface area contributed by atoms with Crippen LogP contribution in [-0.2, 0) is 5.41 Å². The molecule has 2 aromatic rings. The first-order valence-electron chi connectivity index (χ1n) is 7.99. The van der Waals surface area contributed by atoms with Crippen molar-refractivity contribution in [3.8, 4) is 0 Å². The van der Waals surface area contributed by atoms with Gasteiger partial charge < -0.3 is 10.3 Å². The number of hydrogen-bond acceptors (Lipinski definition) is 3. The number of nitrogens with two attached hydrogens (primary N) is 1. The zero-order valence-electron chi connectivity index (χ0n) is 12.5. The molecule has 0 bridgehead atoms. The summed E-state index contributed by atoms with van der Waals surface area (Å²) < 4.78 is 2.43. The van der Waals surface area contributed by atoms with Crippen molar-refractivity contribution in [2.24, 2.45) is 0 Å². The first kappa shape index (κ1) is 12.9. The third-order valence-electron chi connectivity index (χ3n) is 5.20. The topological polar surface area (TPSA) is 56.7 Å². The molecule has 0 aliphatic heterocycles. The molecule has 2 N–H and O–H groups in total. The van der Waals surface area contributed by atoms with Gasteiger partial charge in [0.25, 0.3) is 0 Å². The summed E-state index contributed by atoms with van der Waals surface area (Å²) in [6.45, 7) is 2.09. The minimum absolute atomic E-state index is 0.0809. The van der Waals surface area contributed by atoms with Gasteiger partial charge in [0, 0.05) is 11.7 Å². The van der Waals surface area contributed by atoms with Gasteiger partial charge in [-0.1, -0.05) is 25.0 Å². The fraction of sp³-hybridized carbons (Fsp3) is 0.529. The van der Waals surface area contributed by atoms with Crippen LogP contribution < -0.4 is 5.73 Å². The largest absolute Gasteiger partial charge is 0.399 e. The molecule has 4 heteroatoms. The quantitative estimate of drug-likeness (QED) is 0.878. The second-order valence-corrected chi connectivity index (χ2v) is 6.58. The molecule has 110 valence electrons. The molecule has 4 nitrogen and oxygen atoms in total. The van der Waals surface area contributed by atoms with Crippen LogP contribution in [0.3, 0.4) is 0 Å². The molecule has 21 heavy (non-hydrogen) atoms. The molecular formula is C17H22N4. The predicted octanol–water partition coefficient (Wildman–Crippen LogP) is 3.36. The van der Waals surface area contributed by atoms with Crippen molar-refractivity contribution in [3.63, 3.8) is 0 Å². The number of nitrogens with zero attached hydrogens (tertiary/aromatic N) is 3. The van der Waals surface area contributed by atoms with Crippen LogP contribution in [0.4, 0.5) is 5.69 Å². The molecule has 2 saturated carbocycles. The lowest BCUT2D eigenvalue weighted by Crippen LogP contribution is -2.20. The summed E-state index contributed by atoms with van der Waals surface area (Å²) in [5.41, 5.74) is 8.07. The fourth-order valence-electron chi connectivity index (χ4n) is 3.86. The molecule has 1 aromatic heterocycles. The molecule has 0 unspecified atom stereocenters. The fourth-order valence-corrected chi connectivity index (χ4v) is 3.86. The number of nitrogen functional groups attached to an aromatic ring is 1. The first-order chi connectivity index (χ1) is 10.2. The van der Waals surface area contributed by atoms with Gasteiger partial charge in [-0.25, -0.2) is 0 Å². The maximum absolute atomic E-state index is 5.83. The van der Waals surface area contributed by atoms with Crippen LogP contribution >= 0.6 is 0 Å². The molecule has 1 aromatic carbocycles. The maximum atomic E-state index is 5.83. The lowest BCUT2D eigenvalue weighted by Gasteiger charge is -2.21. The average Bonchev–Trinajstić information content (AvgIpc) is 2.93. The molecule has 4 rings (SSSR count). The molecule has 1 heterocycles. The highest BCUT2D eigenvalue weighted by molar-refractivity contribution is 5.46. The van der Waals surface area contributed by atoms with E-state index < -0.39 is 0 Å². The van der Waals surface area contributed by atoms with E-state index in [1.54, 1.807) is 0 Å². The molecule has 2 aliphatic carbocycles. The summed E-state index contributed by atoms with van der Waals surface area (Å²) in [4.78, 5) is 0. The van der Waals surface area contributed by atoms with E-state index in [9.17, 15) is 0 Å². The van der Waals surface area contributed by atoms with Gasteiger partial charge in [0.2, 0.25) is 0 Å². The lowest BCUT2D eigenvalue weighted by molar-refractivity contribution is 0.473. The zero-order valence-corrected chi connectivity index (χ0v) is 12.5. The Bertz CT molecular complexity index is 646. The number of rotatable bonds is 3. The summed E-state index contributed by atoms with van der Waals surface area (Å²) >= 11 is 0. The van der Waals surface area contributed by atoms with E-state index in [2.05, 4.69) is 33.8 Å². The number of aromatic nitrogens is 3. The minimum Gasteiger partial charge on any atom is -0.399 e. The van der Waals surface area contributed by atoms with Crippen LogP contribution in [0.5, 0.6) is 0 Å². The standard InChI is InChI=1S/C17H22N4/c1-12-19-20-16(21(12)15-4-2-3-5-15)17(10-11-17)13-6-8-14(18)9-7-13/h6-9,15H,2-5,10-11,18H2,1H3. The summed E-state index contributed by atoms with van der Waals surface area (Å²) in [6.07, 6.45) is 7.53. The second kappa shape index (κ2) is 4.58. The monoisotopic (exact) mass is 282 g/mol. The van der Waals surface area contributed by atoms with E-state index in [4.69, 9.17) is 5.73 Å². The van der Waals surface area contributed by atoms with Crippen LogP contribution in [-0.4, -0.2) is 14.8 Å². The zero-order chi connectivity index (χ0) is 14.4. The van der Waals surface area contributed by atoms with Crippen molar-refractivity contribution in [2.45, 2.75) is 56.9 Å². The van der Waals surface area contributed by atoms with Crippen molar-refractivity contribution in [2.75, 3.05) is 5.73 Å². The summed E-state index contributed by atoms with van der Waals surface area (Å²) in [5, 5.41) is 8.97. The Morgan fingerprint density at radius 2 is 1.76 bits per heavy atom. The third-order valence-corrected chi connectivity index (χ3v) is 5.20. The Kier molecular flexibility index (Phi) is 2.81. The number of anilines is 1. The van der Waals surface area contributed by atoms with Crippen LogP contribution in [0.25, 0.3) is 0 Å². The smallest absolute Gasteiger partial charge is 0.143 e. The van der Waals surface area contributed by atoms with E-state index in [0.717, 1.165) is 11.5 Å². The third kappa shape index (κ3) is 1.96. The van der Waals surface area contributed by atoms with Gasteiger partial charge in [0.15, 0.2) is 0 Å².